The second-order valence-electron chi connectivity index (χ2n) is 9.73. The Morgan fingerprint density at radius 2 is 1.75 bits per heavy atom. The highest BCUT2D eigenvalue weighted by Crippen LogP contribution is 2.65. The maximum atomic E-state index is 2.90. The average Bonchev–Trinajstić information content (AvgIpc) is 3.28. The Morgan fingerprint density at radius 3 is 2.61 bits per heavy atom. The summed E-state index contributed by atoms with van der Waals surface area (Å²) in [4.78, 5) is 5.70. The molecule has 3 fully saturated rings. The molecule has 146 valence electrons. The summed E-state index contributed by atoms with van der Waals surface area (Å²) in [5, 5.41) is 0. The molecule has 2 aromatic carbocycles. The van der Waals surface area contributed by atoms with Gasteiger partial charge in [0.05, 0.1) is 0 Å². The van der Waals surface area contributed by atoms with Crippen molar-refractivity contribution in [3.8, 4) is 0 Å². The van der Waals surface area contributed by atoms with Crippen LogP contribution in [0.5, 0.6) is 0 Å². The zero-order valence-electron chi connectivity index (χ0n) is 17.1. The zero-order valence-corrected chi connectivity index (χ0v) is 17.1. The first-order valence-corrected chi connectivity index (χ1v) is 11.4. The van der Waals surface area contributed by atoms with Gasteiger partial charge in [-0.15, -0.1) is 0 Å². The van der Waals surface area contributed by atoms with E-state index in [9.17, 15) is 0 Å². The van der Waals surface area contributed by atoms with Crippen LogP contribution in [0.1, 0.15) is 56.6 Å². The van der Waals surface area contributed by atoms with E-state index in [1.807, 2.05) is 0 Å². The van der Waals surface area contributed by atoms with Crippen LogP contribution in [0.15, 0.2) is 54.6 Å². The summed E-state index contributed by atoms with van der Waals surface area (Å²) < 4.78 is 0. The molecule has 0 radical (unpaired) electrons. The molecule has 1 saturated carbocycles. The first-order valence-electron chi connectivity index (χ1n) is 11.4. The van der Waals surface area contributed by atoms with Crippen LogP contribution in [0.2, 0.25) is 0 Å². The van der Waals surface area contributed by atoms with Crippen LogP contribution in [-0.2, 0) is 12.0 Å². The third-order valence-electron chi connectivity index (χ3n) is 8.87. The molecule has 0 unspecified atom stereocenters. The molecule has 2 saturated heterocycles. The molecule has 3 heterocycles. The SMILES string of the molecule is CC[C@@]12CCCN3CC[C@]4(c5ccccc5N(Cc5ccccc5)[C@@H]4CC1)[C@H]32. The van der Waals surface area contributed by atoms with Gasteiger partial charge in [-0.1, -0.05) is 55.5 Å². The molecule has 3 aliphatic heterocycles. The number of anilines is 1. The molecule has 2 nitrogen and oxygen atoms in total. The standard InChI is InChI=1S/C26H32N2/c1-2-25-14-8-17-27-18-16-26(24(25)27)21-11-6-7-12-22(21)28(23(26)13-15-25)19-20-9-4-3-5-10-20/h3-7,9-12,23-24H,2,8,13-19H2,1H3/t23-,24-,25-,26-/m1/s1. The monoisotopic (exact) mass is 372 g/mol. The predicted octanol–water partition coefficient (Wildman–Crippen LogP) is 5.37. The summed E-state index contributed by atoms with van der Waals surface area (Å²) in [5.41, 5.74) is 5.53. The van der Waals surface area contributed by atoms with Crippen molar-refractivity contribution in [2.75, 3.05) is 18.0 Å². The number of piperidine rings is 1. The minimum atomic E-state index is 0.347. The number of rotatable bonds is 3. The van der Waals surface area contributed by atoms with Crippen LogP contribution < -0.4 is 4.90 Å². The number of benzene rings is 2. The molecule has 1 aliphatic carbocycles. The van der Waals surface area contributed by atoms with Gasteiger partial charge in [0.15, 0.2) is 0 Å². The van der Waals surface area contributed by atoms with Gasteiger partial charge < -0.3 is 4.90 Å². The van der Waals surface area contributed by atoms with E-state index in [0.29, 0.717) is 16.9 Å². The second kappa shape index (κ2) is 6.10. The zero-order chi connectivity index (χ0) is 18.8. The van der Waals surface area contributed by atoms with E-state index in [0.717, 1.165) is 12.6 Å². The number of nitrogens with zero attached hydrogens (tertiary/aromatic N) is 2. The van der Waals surface area contributed by atoms with Crippen molar-refractivity contribution in [2.45, 2.75) is 69.5 Å². The van der Waals surface area contributed by atoms with Gasteiger partial charge in [0.2, 0.25) is 0 Å². The normalized spacial score (nSPS) is 36.1. The second-order valence-corrected chi connectivity index (χ2v) is 9.73. The first kappa shape index (κ1) is 17.1. The fourth-order valence-electron chi connectivity index (χ4n) is 7.86. The highest BCUT2D eigenvalue weighted by atomic mass is 15.3. The molecule has 4 atom stereocenters. The fourth-order valence-corrected chi connectivity index (χ4v) is 7.86. The van der Waals surface area contributed by atoms with Gasteiger partial charge in [0.25, 0.3) is 0 Å². The van der Waals surface area contributed by atoms with Gasteiger partial charge in [-0.2, -0.15) is 0 Å². The fraction of sp³-hybridized carbons (Fsp3) is 0.538. The minimum Gasteiger partial charge on any atom is -0.363 e. The Kier molecular flexibility index (Phi) is 3.72. The van der Waals surface area contributed by atoms with E-state index in [4.69, 9.17) is 0 Å². The highest BCUT2D eigenvalue weighted by Gasteiger charge is 2.67. The lowest BCUT2D eigenvalue weighted by molar-refractivity contribution is -0.0343. The van der Waals surface area contributed by atoms with E-state index >= 15 is 0 Å². The van der Waals surface area contributed by atoms with Crippen molar-refractivity contribution < 1.29 is 0 Å². The third kappa shape index (κ3) is 2.08. The summed E-state index contributed by atoms with van der Waals surface area (Å²) in [6.45, 7) is 6.15. The van der Waals surface area contributed by atoms with E-state index < -0.39 is 0 Å². The van der Waals surface area contributed by atoms with Crippen molar-refractivity contribution >= 4 is 5.69 Å². The summed E-state index contributed by atoms with van der Waals surface area (Å²) in [6, 6.07) is 22.0. The predicted molar refractivity (Wildman–Crippen MR) is 116 cm³/mol. The van der Waals surface area contributed by atoms with Crippen molar-refractivity contribution in [3.05, 3.63) is 65.7 Å². The number of para-hydroxylation sites is 1. The molecule has 28 heavy (non-hydrogen) atoms. The Morgan fingerprint density at radius 1 is 0.929 bits per heavy atom. The van der Waals surface area contributed by atoms with Crippen LogP contribution in [0, 0.1) is 5.41 Å². The summed E-state index contributed by atoms with van der Waals surface area (Å²) in [7, 11) is 0. The topological polar surface area (TPSA) is 6.48 Å². The van der Waals surface area contributed by atoms with Gasteiger partial charge in [-0.3, -0.25) is 4.90 Å². The summed E-state index contributed by atoms with van der Waals surface area (Å²) in [5.74, 6) is 0. The van der Waals surface area contributed by atoms with E-state index in [-0.39, 0.29) is 0 Å². The average molecular weight is 373 g/mol. The van der Waals surface area contributed by atoms with Crippen molar-refractivity contribution in [1.82, 2.24) is 4.90 Å². The van der Waals surface area contributed by atoms with Crippen LogP contribution in [0.25, 0.3) is 0 Å². The summed E-state index contributed by atoms with van der Waals surface area (Å²) >= 11 is 0. The van der Waals surface area contributed by atoms with Crippen molar-refractivity contribution in [3.63, 3.8) is 0 Å². The number of fused-ring (bicyclic) bond motifs is 1. The van der Waals surface area contributed by atoms with Gasteiger partial charge in [-0.05, 0) is 74.2 Å². The maximum absolute atomic E-state index is 2.90. The molecule has 2 heteroatoms. The van der Waals surface area contributed by atoms with Crippen LogP contribution in [0.3, 0.4) is 0 Å². The lowest BCUT2D eigenvalue weighted by atomic mass is 9.52. The molecule has 6 rings (SSSR count). The molecular weight excluding hydrogens is 340 g/mol. The Labute approximate surface area is 169 Å². The van der Waals surface area contributed by atoms with Gasteiger partial charge in [0.1, 0.15) is 0 Å². The Hall–Kier alpha value is -1.80. The highest BCUT2D eigenvalue weighted by molar-refractivity contribution is 5.67. The van der Waals surface area contributed by atoms with Crippen molar-refractivity contribution in [2.24, 2.45) is 5.41 Å². The molecular formula is C26H32N2. The maximum Gasteiger partial charge on any atom is 0.0433 e. The summed E-state index contributed by atoms with van der Waals surface area (Å²) in [6.07, 6.45) is 8.33. The molecule has 0 bridgehead atoms. The van der Waals surface area contributed by atoms with Crippen LogP contribution >= 0.6 is 0 Å². The molecule has 2 aromatic rings. The number of hydrogen-bond acceptors (Lipinski definition) is 2. The Bertz CT molecular complexity index is 877. The molecule has 4 aliphatic rings. The van der Waals surface area contributed by atoms with Gasteiger partial charge in [-0.25, -0.2) is 0 Å². The first-order chi connectivity index (χ1) is 13.8. The number of hydrogen-bond donors (Lipinski definition) is 0. The minimum absolute atomic E-state index is 0.347. The smallest absolute Gasteiger partial charge is 0.0433 e. The molecule has 0 amide bonds. The Balaban J connectivity index is 1.50. The lowest BCUT2D eigenvalue weighted by Gasteiger charge is -2.58. The van der Waals surface area contributed by atoms with E-state index in [1.165, 1.54) is 62.9 Å². The van der Waals surface area contributed by atoms with E-state index in [1.54, 1.807) is 5.56 Å². The molecule has 1 spiro atoms. The molecule has 0 aromatic heterocycles. The van der Waals surface area contributed by atoms with E-state index in [2.05, 4.69) is 71.3 Å². The van der Waals surface area contributed by atoms with Crippen LogP contribution in [0.4, 0.5) is 5.69 Å². The van der Waals surface area contributed by atoms with Crippen molar-refractivity contribution in [1.29, 1.82) is 0 Å². The lowest BCUT2D eigenvalue weighted by Crippen LogP contribution is -2.64. The quantitative estimate of drug-likeness (QED) is 0.714. The molecule has 0 N–H and O–H groups in total. The van der Waals surface area contributed by atoms with Gasteiger partial charge in [0, 0.05) is 29.7 Å². The largest absolute Gasteiger partial charge is 0.363 e. The van der Waals surface area contributed by atoms with Gasteiger partial charge >= 0.3 is 0 Å². The third-order valence-corrected chi connectivity index (χ3v) is 8.87. The van der Waals surface area contributed by atoms with Crippen LogP contribution in [-0.4, -0.2) is 30.1 Å².